The van der Waals surface area contributed by atoms with Crippen LogP contribution < -0.4 is 5.32 Å². The highest BCUT2D eigenvalue weighted by Gasteiger charge is 2.35. The third-order valence-electron chi connectivity index (χ3n) is 5.77. The van der Waals surface area contributed by atoms with Crippen LogP contribution in [0.2, 0.25) is 0 Å². The van der Waals surface area contributed by atoms with Gasteiger partial charge in [-0.25, -0.2) is 4.79 Å². The van der Waals surface area contributed by atoms with Gasteiger partial charge in [0.1, 0.15) is 5.60 Å². The van der Waals surface area contributed by atoms with Gasteiger partial charge in [-0.2, -0.15) is 8.78 Å². The maximum Gasteiger partial charge on any atom is 0.407 e. The zero-order chi connectivity index (χ0) is 23.8. The fourth-order valence-corrected chi connectivity index (χ4v) is 4.29. The van der Waals surface area contributed by atoms with Crippen molar-refractivity contribution in [1.82, 2.24) is 25.4 Å². The molecule has 9 nitrogen and oxygen atoms in total. The molecule has 0 spiro atoms. The number of aromatic nitrogens is 3. The summed E-state index contributed by atoms with van der Waals surface area (Å²) in [6, 6.07) is 1.46. The Kier molecular flexibility index (Phi) is 6.31. The molecule has 3 heterocycles. The first-order valence-corrected chi connectivity index (χ1v) is 11.0. The van der Waals surface area contributed by atoms with E-state index in [4.69, 9.17) is 9.15 Å². The molecule has 1 unspecified atom stereocenters. The van der Waals surface area contributed by atoms with Gasteiger partial charge in [0, 0.05) is 18.8 Å². The number of hydrogen-bond acceptors (Lipinski definition) is 7. The number of carbonyl (C=O) groups is 2. The zero-order valence-electron chi connectivity index (χ0n) is 18.8. The van der Waals surface area contributed by atoms with Gasteiger partial charge >= 0.3 is 12.5 Å². The smallest absolute Gasteiger partial charge is 0.407 e. The first kappa shape index (κ1) is 23.1. The van der Waals surface area contributed by atoms with Gasteiger partial charge in [-0.3, -0.25) is 9.78 Å². The molecule has 0 bridgehead atoms. The molecule has 1 N–H and O–H groups in total. The van der Waals surface area contributed by atoms with Crippen molar-refractivity contribution < 1.29 is 27.5 Å². The largest absolute Gasteiger partial charge is 0.444 e. The van der Waals surface area contributed by atoms with Crippen LogP contribution in [0.3, 0.4) is 0 Å². The van der Waals surface area contributed by atoms with Crippen LogP contribution >= 0.6 is 0 Å². The molecule has 33 heavy (non-hydrogen) atoms. The standard InChI is InChI=1S/C22H27F2N5O4/c1-22(2,3)33-21(31)26-15-7-5-4-6-12(15)10-29-11-16-14(20(29)30)8-13(9-25-16)18-27-28-19(32-18)17(23)24/h8-9,12,15,17H,4-7,10-11H2,1-3H3,(H,26,31)/t12?,15-/m1/s1. The maximum absolute atomic E-state index is 13.1. The number of fused-ring (bicyclic) bond motifs is 1. The van der Waals surface area contributed by atoms with Crippen molar-refractivity contribution in [2.45, 2.75) is 71.1 Å². The van der Waals surface area contributed by atoms with E-state index in [1.165, 1.54) is 6.20 Å². The highest BCUT2D eigenvalue weighted by molar-refractivity contribution is 5.98. The monoisotopic (exact) mass is 463 g/mol. The highest BCUT2D eigenvalue weighted by Crippen LogP contribution is 2.31. The predicted octanol–water partition coefficient (Wildman–Crippen LogP) is 4.11. The Labute approximate surface area is 189 Å². The van der Waals surface area contributed by atoms with Crippen molar-refractivity contribution in [1.29, 1.82) is 0 Å². The van der Waals surface area contributed by atoms with Crippen LogP contribution in [0.1, 0.15) is 74.8 Å². The quantitative estimate of drug-likeness (QED) is 0.710. The van der Waals surface area contributed by atoms with E-state index in [0.29, 0.717) is 29.9 Å². The van der Waals surface area contributed by atoms with E-state index < -0.39 is 24.0 Å². The second kappa shape index (κ2) is 9.03. The Morgan fingerprint density at radius 3 is 2.76 bits per heavy atom. The summed E-state index contributed by atoms with van der Waals surface area (Å²) in [4.78, 5) is 31.4. The Hall–Kier alpha value is -3.11. The lowest BCUT2D eigenvalue weighted by Gasteiger charge is -2.35. The van der Waals surface area contributed by atoms with E-state index in [0.717, 1.165) is 25.7 Å². The number of alkyl halides is 2. The van der Waals surface area contributed by atoms with E-state index in [2.05, 4.69) is 20.5 Å². The summed E-state index contributed by atoms with van der Waals surface area (Å²) < 4.78 is 35.8. The second-order valence-electron chi connectivity index (χ2n) is 9.45. The Balaban J connectivity index is 1.44. The lowest BCUT2D eigenvalue weighted by atomic mass is 9.84. The molecule has 1 saturated carbocycles. The molecule has 2 aliphatic rings. The Bertz CT molecular complexity index is 1040. The number of rotatable bonds is 5. The summed E-state index contributed by atoms with van der Waals surface area (Å²) in [5.41, 5.74) is 0.714. The Morgan fingerprint density at radius 2 is 2.06 bits per heavy atom. The molecule has 2 aromatic rings. The summed E-state index contributed by atoms with van der Waals surface area (Å²) in [6.45, 7) is 6.26. The molecular formula is C22H27F2N5O4. The lowest BCUT2D eigenvalue weighted by Crippen LogP contribution is -2.47. The molecule has 2 aromatic heterocycles. The van der Waals surface area contributed by atoms with Crippen molar-refractivity contribution in [2.75, 3.05) is 6.54 Å². The number of nitrogens with one attached hydrogen (secondary N) is 1. The van der Waals surface area contributed by atoms with E-state index in [-0.39, 0.29) is 23.8 Å². The van der Waals surface area contributed by atoms with Crippen molar-refractivity contribution in [3.63, 3.8) is 0 Å². The molecule has 0 radical (unpaired) electrons. The van der Waals surface area contributed by atoms with Crippen LogP contribution in [0.15, 0.2) is 16.7 Å². The minimum absolute atomic E-state index is 0.0835. The van der Waals surface area contributed by atoms with Gasteiger partial charge in [-0.05, 0) is 45.6 Å². The first-order chi connectivity index (χ1) is 15.6. The average molecular weight is 463 g/mol. The van der Waals surface area contributed by atoms with E-state index in [9.17, 15) is 18.4 Å². The van der Waals surface area contributed by atoms with Crippen LogP contribution in [-0.4, -0.2) is 50.3 Å². The number of alkyl carbamates (subject to hydrolysis) is 1. The van der Waals surface area contributed by atoms with E-state index >= 15 is 0 Å². The molecule has 0 aromatic carbocycles. The van der Waals surface area contributed by atoms with Gasteiger partial charge in [0.15, 0.2) is 0 Å². The topological polar surface area (TPSA) is 110 Å². The molecule has 1 fully saturated rings. The molecule has 2 amide bonds. The van der Waals surface area contributed by atoms with Gasteiger partial charge in [-0.15, -0.1) is 10.2 Å². The first-order valence-electron chi connectivity index (χ1n) is 11.0. The van der Waals surface area contributed by atoms with Crippen molar-refractivity contribution >= 4 is 12.0 Å². The average Bonchev–Trinajstić information content (AvgIpc) is 3.34. The summed E-state index contributed by atoms with van der Waals surface area (Å²) in [5, 5.41) is 9.91. The molecule has 1 aliphatic carbocycles. The van der Waals surface area contributed by atoms with Gasteiger partial charge < -0.3 is 19.4 Å². The molecule has 4 rings (SSSR count). The van der Waals surface area contributed by atoms with E-state index in [1.807, 2.05) is 20.8 Å². The number of ether oxygens (including phenoxy) is 1. The third kappa shape index (κ3) is 5.28. The molecule has 11 heteroatoms. The van der Waals surface area contributed by atoms with Crippen LogP contribution in [0.5, 0.6) is 0 Å². The Morgan fingerprint density at radius 1 is 1.30 bits per heavy atom. The number of carbonyl (C=O) groups excluding carboxylic acids is 2. The summed E-state index contributed by atoms with van der Waals surface area (Å²) in [7, 11) is 0. The lowest BCUT2D eigenvalue weighted by molar-refractivity contribution is 0.0451. The molecule has 178 valence electrons. The minimum Gasteiger partial charge on any atom is -0.444 e. The molecule has 0 saturated heterocycles. The van der Waals surface area contributed by atoms with Crippen LogP contribution in [0.4, 0.5) is 13.6 Å². The third-order valence-corrected chi connectivity index (χ3v) is 5.77. The molecular weight excluding hydrogens is 436 g/mol. The van der Waals surface area contributed by atoms with Gasteiger partial charge in [0.2, 0.25) is 5.89 Å². The fraction of sp³-hybridized carbons (Fsp3) is 0.591. The van der Waals surface area contributed by atoms with Gasteiger partial charge in [0.05, 0.1) is 23.4 Å². The number of nitrogens with zero attached hydrogens (tertiary/aromatic N) is 4. The van der Waals surface area contributed by atoms with E-state index in [1.54, 1.807) is 11.0 Å². The van der Waals surface area contributed by atoms with Crippen molar-refractivity contribution in [3.8, 4) is 11.5 Å². The molecule has 1 aliphatic heterocycles. The summed E-state index contributed by atoms with van der Waals surface area (Å²) in [6.07, 6.45) is 1.85. The highest BCUT2D eigenvalue weighted by atomic mass is 19.3. The number of halogens is 2. The summed E-state index contributed by atoms with van der Waals surface area (Å²) in [5.74, 6) is -0.997. The number of hydrogen-bond donors (Lipinski definition) is 1. The maximum atomic E-state index is 13.1. The summed E-state index contributed by atoms with van der Waals surface area (Å²) >= 11 is 0. The van der Waals surface area contributed by atoms with Gasteiger partial charge in [-0.1, -0.05) is 12.8 Å². The fourth-order valence-electron chi connectivity index (χ4n) is 4.29. The number of pyridine rings is 1. The van der Waals surface area contributed by atoms with Crippen LogP contribution in [0.25, 0.3) is 11.5 Å². The second-order valence-corrected chi connectivity index (χ2v) is 9.45. The van der Waals surface area contributed by atoms with Crippen LogP contribution in [-0.2, 0) is 11.3 Å². The zero-order valence-corrected chi connectivity index (χ0v) is 18.8. The predicted molar refractivity (Wildman–Crippen MR) is 112 cm³/mol. The molecule has 2 atom stereocenters. The van der Waals surface area contributed by atoms with Gasteiger partial charge in [0.25, 0.3) is 11.8 Å². The SMILES string of the molecule is CC(C)(C)OC(=O)N[C@@H]1CCCCC1CN1Cc2ncc(-c3nnc(C(F)F)o3)cc2C1=O. The normalized spacial score (nSPS) is 20.8. The van der Waals surface area contributed by atoms with Crippen LogP contribution in [0, 0.1) is 5.92 Å². The number of amides is 2. The van der Waals surface area contributed by atoms with Crippen molar-refractivity contribution in [3.05, 3.63) is 29.4 Å². The minimum atomic E-state index is -2.87. The van der Waals surface area contributed by atoms with Crippen molar-refractivity contribution in [2.24, 2.45) is 5.92 Å².